The fourth-order valence-electron chi connectivity index (χ4n) is 4.16. The zero-order valence-electron chi connectivity index (χ0n) is 21.5. The minimum Gasteiger partial charge on any atom is -0.495 e. The van der Waals surface area contributed by atoms with Gasteiger partial charge in [0.2, 0.25) is 0 Å². The molecule has 1 amide bonds. The number of para-hydroxylation sites is 2. The lowest BCUT2D eigenvalue weighted by Gasteiger charge is -2.22. The zero-order valence-corrected chi connectivity index (χ0v) is 21.5. The number of H-pyrrole nitrogens is 1. The molecule has 1 heterocycles. The van der Waals surface area contributed by atoms with Crippen molar-refractivity contribution in [3.05, 3.63) is 95.2 Å². The Morgan fingerprint density at radius 2 is 1.76 bits per heavy atom. The Labute approximate surface area is 217 Å². The number of aromatic nitrogens is 1. The number of fused-ring (bicyclic) bond motifs is 1. The fourth-order valence-corrected chi connectivity index (χ4v) is 4.16. The molecule has 0 bridgehead atoms. The van der Waals surface area contributed by atoms with Crippen molar-refractivity contribution in [2.24, 2.45) is 0 Å². The van der Waals surface area contributed by atoms with Crippen LogP contribution in [-0.2, 0) is 6.42 Å². The third kappa shape index (κ3) is 6.32. The first kappa shape index (κ1) is 25.9. The molecule has 3 N–H and O–H groups in total. The van der Waals surface area contributed by atoms with Gasteiger partial charge >= 0.3 is 0 Å². The van der Waals surface area contributed by atoms with E-state index >= 15 is 0 Å². The summed E-state index contributed by atoms with van der Waals surface area (Å²) in [5.74, 6) is 7.06. The number of amides is 1. The second-order valence-corrected chi connectivity index (χ2v) is 9.21. The van der Waals surface area contributed by atoms with Crippen LogP contribution in [0.2, 0.25) is 0 Å². The third-order valence-electron chi connectivity index (χ3n) is 6.05. The summed E-state index contributed by atoms with van der Waals surface area (Å²) in [7, 11) is 1.61. The number of rotatable bonds is 8. The molecular formula is C31H32N2O4. The van der Waals surface area contributed by atoms with Gasteiger partial charge in [0.1, 0.15) is 11.5 Å². The van der Waals surface area contributed by atoms with E-state index in [2.05, 4.69) is 22.1 Å². The summed E-state index contributed by atoms with van der Waals surface area (Å²) >= 11 is 0. The van der Waals surface area contributed by atoms with Crippen LogP contribution in [0.1, 0.15) is 47.8 Å². The molecule has 0 spiro atoms. The van der Waals surface area contributed by atoms with E-state index in [9.17, 15) is 9.90 Å². The zero-order chi connectivity index (χ0) is 26.4. The summed E-state index contributed by atoms with van der Waals surface area (Å²) < 4.78 is 11.3. The van der Waals surface area contributed by atoms with Crippen molar-refractivity contribution < 1.29 is 19.4 Å². The van der Waals surface area contributed by atoms with Crippen molar-refractivity contribution in [1.82, 2.24) is 10.3 Å². The fraction of sp³-hybridized carbons (Fsp3) is 0.258. The molecular weight excluding hydrogens is 464 g/mol. The van der Waals surface area contributed by atoms with Crippen LogP contribution < -0.4 is 14.8 Å². The number of ether oxygens (including phenoxy) is 2. The highest BCUT2D eigenvalue weighted by molar-refractivity contribution is 5.97. The first-order valence-corrected chi connectivity index (χ1v) is 12.4. The number of aliphatic hydroxyl groups is 1. The topological polar surface area (TPSA) is 83.6 Å². The van der Waals surface area contributed by atoms with Crippen LogP contribution in [0.15, 0.2) is 72.9 Å². The molecule has 0 radical (unpaired) electrons. The van der Waals surface area contributed by atoms with Gasteiger partial charge in [-0.2, -0.15) is 0 Å². The summed E-state index contributed by atoms with van der Waals surface area (Å²) in [4.78, 5) is 16.8. The molecule has 1 unspecified atom stereocenters. The van der Waals surface area contributed by atoms with E-state index in [-0.39, 0.29) is 12.0 Å². The van der Waals surface area contributed by atoms with Crippen molar-refractivity contribution >= 4 is 16.8 Å². The smallest absolute Gasteiger partial charge is 0.255 e. The van der Waals surface area contributed by atoms with E-state index in [0.29, 0.717) is 29.0 Å². The summed E-state index contributed by atoms with van der Waals surface area (Å²) in [6.07, 6.45) is 1.52. The average molecular weight is 497 g/mol. The largest absolute Gasteiger partial charge is 0.495 e. The molecule has 0 saturated carbocycles. The molecule has 2 atom stereocenters. The molecule has 0 fully saturated rings. The number of aromatic amines is 1. The molecule has 37 heavy (non-hydrogen) atoms. The Morgan fingerprint density at radius 1 is 1.00 bits per heavy atom. The van der Waals surface area contributed by atoms with Gasteiger partial charge in [0.25, 0.3) is 5.91 Å². The monoisotopic (exact) mass is 496 g/mol. The Hall–Kier alpha value is -4.21. The number of carbonyl (C=O) groups excluding carboxylic acids is 1. The molecule has 1 aromatic heterocycles. The Morgan fingerprint density at radius 3 is 2.51 bits per heavy atom. The van der Waals surface area contributed by atoms with Crippen LogP contribution >= 0.6 is 0 Å². The molecule has 6 nitrogen and oxygen atoms in total. The van der Waals surface area contributed by atoms with Crippen molar-refractivity contribution in [2.75, 3.05) is 7.11 Å². The number of benzene rings is 3. The van der Waals surface area contributed by atoms with Gasteiger partial charge in [-0.05, 0) is 69.2 Å². The average Bonchev–Trinajstić information content (AvgIpc) is 3.30. The summed E-state index contributed by atoms with van der Waals surface area (Å²) in [5, 5.41) is 14.6. The predicted octanol–water partition coefficient (Wildman–Crippen LogP) is 5.09. The Bertz CT molecular complexity index is 1440. The van der Waals surface area contributed by atoms with E-state index in [4.69, 9.17) is 9.47 Å². The molecule has 0 aliphatic heterocycles. The van der Waals surface area contributed by atoms with Crippen LogP contribution in [0.3, 0.4) is 0 Å². The van der Waals surface area contributed by atoms with Gasteiger partial charge in [0.15, 0.2) is 0 Å². The van der Waals surface area contributed by atoms with Crippen LogP contribution in [-0.4, -0.2) is 41.4 Å². The number of hydrogen-bond donors (Lipinski definition) is 3. The van der Waals surface area contributed by atoms with Gasteiger partial charge < -0.3 is 24.9 Å². The standard InChI is InChI=1S/C31H32N2O4/c1-20(2)37-30-16-14-22(13-15-23-9-5-8-12-29(23)36-4)17-26(30)31(35)33-28(21(3)34)18-24-19-32-27-11-7-6-10-25(24)27/h5-12,14,16-17,19-21,28,32,34H,18H2,1-4H3,(H,33,35)/t21-,28?/m1/s1. The highest BCUT2D eigenvalue weighted by atomic mass is 16.5. The van der Waals surface area contributed by atoms with Gasteiger partial charge in [-0.1, -0.05) is 42.2 Å². The van der Waals surface area contributed by atoms with Crippen LogP contribution in [0.25, 0.3) is 10.9 Å². The SMILES string of the molecule is COc1ccccc1C#Cc1ccc(OC(C)C)c(C(=O)NC(Cc2c[nH]c3ccccc23)[C@@H](C)O)c1. The van der Waals surface area contributed by atoms with Crippen molar-refractivity contribution in [3.63, 3.8) is 0 Å². The maximum Gasteiger partial charge on any atom is 0.255 e. The van der Waals surface area contributed by atoms with E-state index in [0.717, 1.165) is 22.0 Å². The summed E-state index contributed by atoms with van der Waals surface area (Å²) in [6.45, 7) is 5.50. The van der Waals surface area contributed by atoms with Crippen molar-refractivity contribution in [1.29, 1.82) is 0 Å². The number of carbonyl (C=O) groups is 1. The van der Waals surface area contributed by atoms with Gasteiger partial charge in [0.05, 0.1) is 36.5 Å². The number of nitrogens with one attached hydrogen (secondary N) is 2. The summed E-state index contributed by atoms with van der Waals surface area (Å²) in [6, 6.07) is 20.3. The Kier molecular flexibility index (Phi) is 8.17. The molecule has 3 aromatic carbocycles. The van der Waals surface area contributed by atoms with Gasteiger partial charge in [-0.25, -0.2) is 0 Å². The highest BCUT2D eigenvalue weighted by Crippen LogP contribution is 2.24. The molecule has 0 aliphatic carbocycles. The molecule has 0 saturated heterocycles. The van der Waals surface area contributed by atoms with Crippen LogP contribution in [0.4, 0.5) is 0 Å². The van der Waals surface area contributed by atoms with Gasteiger partial charge in [0, 0.05) is 22.7 Å². The minimum atomic E-state index is -0.763. The molecule has 4 rings (SSSR count). The normalized spacial score (nSPS) is 12.5. The maximum atomic E-state index is 13.5. The second-order valence-electron chi connectivity index (χ2n) is 9.21. The second kappa shape index (κ2) is 11.7. The maximum absolute atomic E-state index is 13.5. The first-order valence-electron chi connectivity index (χ1n) is 12.4. The van der Waals surface area contributed by atoms with E-state index in [1.807, 2.05) is 74.6 Å². The lowest BCUT2D eigenvalue weighted by atomic mass is 10.0. The van der Waals surface area contributed by atoms with Crippen molar-refractivity contribution in [3.8, 4) is 23.3 Å². The van der Waals surface area contributed by atoms with Crippen molar-refractivity contribution in [2.45, 2.75) is 45.4 Å². The third-order valence-corrected chi connectivity index (χ3v) is 6.05. The predicted molar refractivity (Wildman–Crippen MR) is 146 cm³/mol. The first-order chi connectivity index (χ1) is 17.9. The number of aliphatic hydroxyl groups excluding tert-OH is 1. The summed E-state index contributed by atoms with van der Waals surface area (Å²) in [5.41, 5.74) is 3.83. The number of methoxy groups -OCH3 is 1. The van der Waals surface area contributed by atoms with E-state index in [1.165, 1.54) is 0 Å². The molecule has 0 aliphatic rings. The van der Waals surface area contributed by atoms with Gasteiger partial charge in [-0.15, -0.1) is 0 Å². The van der Waals surface area contributed by atoms with Gasteiger partial charge in [-0.3, -0.25) is 4.79 Å². The molecule has 6 heteroatoms. The van der Waals surface area contributed by atoms with Crippen LogP contribution in [0, 0.1) is 11.8 Å². The number of hydrogen-bond acceptors (Lipinski definition) is 4. The molecule has 190 valence electrons. The lowest BCUT2D eigenvalue weighted by molar-refractivity contribution is 0.0853. The minimum absolute atomic E-state index is 0.115. The van der Waals surface area contributed by atoms with E-state index < -0.39 is 12.1 Å². The van der Waals surface area contributed by atoms with E-state index in [1.54, 1.807) is 26.2 Å². The Balaban J connectivity index is 1.62. The highest BCUT2D eigenvalue weighted by Gasteiger charge is 2.23. The molecule has 4 aromatic rings. The lowest BCUT2D eigenvalue weighted by Crippen LogP contribution is -2.43. The quantitative estimate of drug-likeness (QED) is 0.297. The van der Waals surface area contributed by atoms with Crippen LogP contribution in [0.5, 0.6) is 11.5 Å².